The number of hydrogen-bond acceptors (Lipinski definition) is 8. The van der Waals surface area contributed by atoms with Crippen LogP contribution in [0.1, 0.15) is 17.5 Å². The van der Waals surface area contributed by atoms with Crippen molar-refractivity contribution in [3.63, 3.8) is 0 Å². The molecule has 8 heteroatoms. The van der Waals surface area contributed by atoms with Gasteiger partial charge in [0, 0.05) is 54.7 Å². The van der Waals surface area contributed by atoms with Crippen molar-refractivity contribution in [1.82, 2.24) is 15.0 Å². The van der Waals surface area contributed by atoms with Gasteiger partial charge in [-0.15, -0.1) is 11.3 Å². The summed E-state index contributed by atoms with van der Waals surface area (Å²) < 4.78 is 5.45. The molecule has 2 aromatic heterocycles. The normalized spacial score (nSPS) is 21.4. The Hall–Kier alpha value is -2.29. The number of aromatic nitrogens is 3. The maximum absolute atomic E-state index is 10.6. The van der Waals surface area contributed by atoms with Crippen LogP contribution in [0, 0.1) is 5.92 Å². The molecule has 5 rings (SSSR count). The summed E-state index contributed by atoms with van der Waals surface area (Å²) in [4.78, 5) is 18.0. The third-order valence-electron chi connectivity index (χ3n) is 5.65. The maximum atomic E-state index is 10.6. The van der Waals surface area contributed by atoms with Crippen LogP contribution in [-0.2, 0) is 4.74 Å². The molecule has 0 radical (unpaired) electrons. The average Bonchev–Trinajstić information content (AvgIpc) is 3.45. The molecular weight excluding hydrogens is 374 g/mol. The second-order valence-corrected chi connectivity index (χ2v) is 8.23. The van der Waals surface area contributed by atoms with Gasteiger partial charge in [0.25, 0.3) is 0 Å². The first kappa shape index (κ1) is 17.8. The van der Waals surface area contributed by atoms with Gasteiger partial charge in [0.2, 0.25) is 0 Å². The van der Waals surface area contributed by atoms with Crippen molar-refractivity contribution in [3.8, 4) is 0 Å². The molecule has 2 unspecified atom stereocenters. The Balaban J connectivity index is 1.38. The largest absolute Gasteiger partial charge is 0.386 e. The van der Waals surface area contributed by atoms with Crippen molar-refractivity contribution >= 4 is 33.7 Å². The van der Waals surface area contributed by atoms with Gasteiger partial charge in [-0.2, -0.15) is 0 Å². The van der Waals surface area contributed by atoms with Crippen LogP contribution in [0.3, 0.4) is 0 Å². The summed E-state index contributed by atoms with van der Waals surface area (Å²) in [7, 11) is 0. The molecule has 7 nitrogen and oxygen atoms in total. The molecule has 0 amide bonds. The first-order valence-corrected chi connectivity index (χ1v) is 10.6. The Labute approximate surface area is 167 Å². The highest BCUT2D eigenvalue weighted by Gasteiger charge is 2.32. The quantitative estimate of drug-likeness (QED) is 0.725. The molecule has 0 saturated carbocycles. The Morgan fingerprint density at radius 2 is 2.00 bits per heavy atom. The summed E-state index contributed by atoms with van der Waals surface area (Å²) in [6.45, 7) is 5.01. The van der Waals surface area contributed by atoms with Crippen LogP contribution in [0.4, 0.5) is 11.5 Å². The van der Waals surface area contributed by atoms with Crippen molar-refractivity contribution in [1.29, 1.82) is 0 Å². The van der Waals surface area contributed by atoms with Crippen LogP contribution in [-0.4, -0.2) is 59.5 Å². The second-order valence-electron chi connectivity index (χ2n) is 7.31. The molecule has 3 aromatic rings. The number of hydrogen-bond donors (Lipinski definition) is 1. The summed E-state index contributed by atoms with van der Waals surface area (Å²) in [6.07, 6.45) is 3.81. The molecular formula is C20H23N5O2S. The topological polar surface area (TPSA) is 74.6 Å². The number of morpholine rings is 1. The summed E-state index contributed by atoms with van der Waals surface area (Å²) in [5.41, 5.74) is 2.14. The van der Waals surface area contributed by atoms with E-state index >= 15 is 0 Å². The number of anilines is 2. The predicted molar refractivity (Wildman–Crippen MR) is 110 cm³/mol. The van der Waals surface area contributed by atoms with Gasteiger partial charge >= 0.3 is 0 Å². The van der Waals surface area contributed by atoms with Crippen LogP contribution in [0.2, 0.25) is 0 Å². The lowest BCUT2D eigenvalue weighted by molar-refractivity contribution is 0.119. The van der Waals surface area contributed by atoms with Crippen molar-refractivity contribution in [2.45, 2.75) is 12.5 Å². The minimum Gasteiger partial charge on any atom is -0.386 e. The number of rotatable bonds is 4. The third-order valence-corrected chi connectivity index (χ3v) is 6.50. The Morgan fingerprint density at radius 1 is 1.11 bits per heavy atom. The molecule has 28 heavy (non-hydrogen) atoms. The first-order chi connectivity index (χ1) is 13.8. The number of nitrogens with zero attached hydrogens (tertiary/aromatic N) is 5. The minimum atomic E-state index is -0.508. The summed E-state index contributed by atoms with van der Waals surface area (Å²) in [5.74, 6) is 1.12. The van der Waals surface area contributed by atoms with Gasteiger partial charge in [0.1, 0.15) is 23.3 Å². The van der Waals surface area contributed by atoms with Gasteiger partial charge in [0.05, 0.1) is 18.7 Å². The van der Waals surface area contributed by atoms with Crippen LogP contribution in [0.25, 0.3) is 10.9 Å². The summed E-state index contributed by atoms with van der Waals surface area (Å²) >= 11 is 1.51. The number of ether oxygens (including phenoxy) is 1. The van der Waals surface area contributed by atoms with E-state index in [9.17, 15) is 5.11 Å². The smallest absolute Gasteiger partial charge is 0.139 e. The molecule has 1 aromatic carbocycles. The Morgan fingerprint density at radius 3 is 2.82 bits per heavy atom. The molecule has 2 atom stereocenters. The highest BCUT2D eigenvalue weighted by atomic mass is 32.1. The van der Waals surface area contributed by atoms with Gasteiger partial charge < -0.3 is 19.6 Å². The third kappa shape index (κ3) is 3.32. The SMILES string of the molecule is OC(c1nccs1)C1CCN(c2ncnc3cc(N4CCOCC4)ccc23)C1. The minimum absolute atomic E-state index is 0.170. The molecule has 146 valence electrons. The zero-order chi connectivity index (χ0) is 18.9. The van der Waals surface area contributed by atoms with E-state index in [1.165, 1.54) is 17.0 Å². The predicted octanol–water partition coefficient (Wildman–Crippen LogP) is 2.48. The average molecular weight is 398 g/mol. The van der Waals surface area contributed by atoms with E-state index in [0.717, 1.165) is 67.5 Å². The zero-order valence-corrected chi connectivity index (χ0v) is 16.4. The van der Waals surface area contributed by atoms with Gasteiger partial charge in [0.15, 0.2) is 0 Å². The number of benzene rings is 1. The fourth-order valence-corrected chi connectivity index (χ4v) is 4.84. The van der Waals surface area contributed by atoms with E-state index < -0.39 is 6.10 Å². The van der Waals surface area contributed by atoms with Crippen LogP contribution >= 0.6 is 11.3 Å². The maximum Gasteiger partial charge on any atom is 0.139 e. The molecule has 0 bridgehead atoms. The van der Waals surface area contributed by atoms with E-state index in [0.29, 0.717) is 0 Å². The Kier molecular flexibility index (Phi) is 4.84. The van der Waals surface area contributed by atoms with Gasteiger partial charge in [-0.3, -0.25) is 0 Å². The highest BCUT2D eigenvalue weighted by Crippen LogP contribution is 2.35. The second kappa shape index (κ2) is 7.62. The lowest BCUT2D eigenvalue weighted by atomic mass is 10.0. The van der Waals surface area contributed by atoms with E-state index in [-0.39, 0.29) is 5.92 Å². The molecule has 2 aliphatic rings. The first-order valence-electron chi connectivity index (χ1n) is 9.69. The van der Waals surface area contributed by atoms with Gasteiger partial charge in [-0.05, 0) is 24.6 Å². The Bertz CT molecular complexity index is 945. The van der Waals surface area contributed by atoms with Crippen molar-refractivity contribution in [2.75, 3.05) is 49.2 Å². The number of aliphatic hydroxyl groups excluding tert-OH is 1. The van der Waals surface area contributed by atoms with E-state index in [1.54, 1.807) is 12.5 Å². The van der Waals surface area contributed by atoms with Crippen molar-refractivity contribution in [3.05, 3.63) is 41.1 Å². The molecule has 2 aliphatic heterocycles. The van der Waals surface area contributed by atoms with E-state index in [4.69, 9.17) is 4.74 Å². The zero-order valence-electron chi connectivity index (χ0n) is 15.6. The number of aliphatic hydroxyl groups is 1. The van der Waals surface area contributed by atoms with Crippen LogP contribution in [0.5, 0.6) is 0 Å². The number of fused-ring (bicyclic) bond motifs is 1. The number of thiazole rings is 1. The molecule has 4 heterocycles. The highest BCUT2D eigenvalue weighted by molar-refractivity contribution is 7.09. The molecule has 0 spiro atoms. The van der Waals surface area contributed by atoms with Gasteiger partial charge in [-0.25, -0.2) is 15.0 Å². The standard InChI is InChI=1S/C20H23N5O2S/c26-18(20-21-4-10-28-20)14-3-5-25(12-14)19-16-2-1-15(11-17(16)22-13-23-19)24-6-8-27-9-7-24/h1-2,4,10-11,13-14,18,26H,3,5-9,12H2. The monoisotopic (exact) mass is 397 g/mol. The fraction of sp³-hybridized carbons (Fsp3) is 0.450. The van der Waals surface area contributed by atoms with Crippen LogP contribution in [0.15, 0.2) is 36.1 Å². The van der Waals surface area contributed by atoms with E-state index in [2.05, 4.69) is 43.0 Å². The fourth-order valence-electron chi connectivity index (χ4n) is 4.12. The molecule has 1 N–H and O–H groups in total. The molecule has 2 fully saturated rings. The lowest BCUT2D eigenvalue weighted by Crippen LogP contribution is -2.36. The van der Waals surface area contributed by atoms with Crippen molar-refractivity contribution in [2.24, 2.45) is 5.92 Å². The molecule has 0 aliphatic carbocycles. The lowest BCUT2D eigenvalue weighted by Gasteiger charge is -2.29. The van der Waals surface area contributed by atoms with Crippen LogP contribution < -0.4 is 9.80 Å². The van der Waals surface area contributed by atoms with E-state index in [1.807, 2.05) is 5.38 Å². The molecule has 2 saturated heterocycles. The van der Waals surface area contributed by atoms with Gasteiger partial charge in [-0.1, -0.05) is 0 Å². The van der Waals surface area contributed by atoms with Crippen molar-refractivity contribution < 1.29 is 9.84 Å². The summed E-state index contributed by atoms with van der Waals surface area (Å²) in [5, 5.41) is 14.4. The summed E-state index contributed by atoms with van der Waals surface area (Å²) in [6, 6.07) is 6.42.